The van der Waals surface area contributed by atoms with Gasteiger partial charge in [0.1, 0.15) is 11.2 Å². The number of furan rings is 1. The van der Waals surface area contributed by atoms with E-state index in [2.05, 4.69) is 114 Å². The van der Waals surface area contributed by atoms with Gasteiger partial charge < -0.3 is 8.98 Å². The minimum absolute atomic E-state index is 0.628. The lowest BCUT2D eigenvalue weighted by Crippen LogP contribution is -2.00. The quantitative estimate of drug-likeness (QED) is 0.188. The first-order valence-electron chi connectivity index (χ1n) is 16.7. The molecule has 0 amide bonds. The predicted molar refractivity (Wildman–Crippen MR) is 203 cm³/mol. The molecule has 0 saturated heterocycles. The smallest absolute Gasteiger partial charge is 0.164 e. The van der Waals surface area contributed by atoms with Crippen LogP contribution in [0.4, 0.5) is 0 Å². The maximum atomic E-state index is 6.91. The van der Waals surface area contributed by atoms with Crippen LogP contribution in [0.2, 0.25) is 0 Å². The fourth-order valence-electron chi connectivity index (χ4n) is 7.13. The summed E-state index contributed by atoms with van der Waals surface area (Å²) >= 11 is 0. The zero-order chi connectivity index (χ0) is 33.0. The summed E-state index contributed by atoms with van der Waals surface area (Å²) in [7, 11) is 0. The van der Waals surface area contributed by atoms with Gasteiger partial charge in [-0.2, -0.15) is 0 Å². The van der Waals surface area contributed by atoms with Crippen molar-refractivity contribution in [3.63, 3.8) is 0 Å². The Morgan fingerprint density at radius 3 is 1.54 bits per heavy atom. The molecule has 0 spiro atoms. The van der Waals surface area contributed by atoms with E-state index in [-0.39, 0.29) is 0 Å². The third-order valence-corrected chi connectivity index (χ3v) is 9.47. The van der Waals surface area contributed by atoms with Crippen molar-refractivity contribution in [2.75, 3.05) is 0 Å². The molecule has 0 radical (unpaired) electrons. The third kappa shape index (κ3) is 4.52. The molecule has 0 N–H and O–H groups in total. The highest BCUT2D eigenvalue weighted by molar-refractivity contribution is 6.24. The molecule has 0 atom stereocenters. The molecule has 3 heterocycles. The molecule has 3 aromatic heterocycles. The zero-order valence-electron chi connectivity index (χ0n) is 26.9. The summed E-state index contributed by atoms with van der Waals surface area (Å²) in [5.41, 5.74) is 10.1. The van der Waals surface area contributed by atoms with Gasteiger partial charge in [0.25, 0.3) is 0 Å². The van der Waals surface area contributed by atoms with Gasteiger partial charge in [-0.05, 0) is 35.9 Å². The van der Waals surface area contributed by atoms with Crippen molar-refractivity contribution in [3.05, 3.63) is 170 Å². The van der Waals surface area contributed by atoms with Crippen LogP contribution in [0.1, 0.15) is 0 Å². The minimum Gasteiger partial charge on any atom is -0.455 e. The lowest BCUT2D eigenvalue weighted by molar-refractivity contribution is 0.674. The van der Waals surface area contributed by atoms with Crippen LogP contribution in [0.3, 0.4) is 0 Å². The highest BCUT2D eigenvalue weighted by atomic mass is 16.3. The van der Waals surface area contributed by atoms with Gasteiger partial charge >= 0.3 is 0 Å². The average Bonchev–Trinajstić information content (AvgIpc) is 3.75. The molecule has 0 aliphatic rings. The lowest BCUT2D eigenvalue weighted by atomic mass is 10.0. The lowest BCUT2D eigenvalue weighted by Gasteiger charge is -2.09. The molecule has 5 nitrogen and oxygen atoms in total. The molecular weight excluding hydrogens is 613 g/mol. The second kappa shape index (κ2) is 11.4. The van der Waals surface area contributed by atoms with Crippen molar-refractivity contribution in [2.24, 2.45) is 0 Å². The molecule has 50 heavy (non-hydrogen) atoms. The monoisotopic (exact) mass is 640 g/mol. The van der Waals surface area contributed by atoms with Crippen LogP contribution in [-0.4, -0.2) is 19.5 Å². The standard InChI is InChI=1S/C45H28N4O/c1-4-13-30(14-5-1)43-46-44(31-15-6-2-7-16-31)48-45(47-43)32-25-23-29(24-26-32)34-20-12-21-35-36-27-28-39-40(42(36)50-41(34)35)37-19-10-11-22-38(37)49(39)33-17-8-3-9-18-33/h1-28H. The molecule has 5 heteroatoms. The highest BCUT2D eigenvalue weighted by Gasteiger charge is 2.20. The van der Waals surface area contributed by atoms with Gasteiger partial charge in [-0.15, -0.1) is 0 Å². The summed E-state index contributed by atoms with van der Waals surface area (Å²) in [6, 6.07) is 58.4. The number of benzene rings is 7. The van der Waals surface area contributed by atoms with E-state index >= 15 is 0 Å². The molecule has 0 saturated carbocycles. The number of para-hydroxylation sites is 3. The molecule has 0 bridgehead atoms. The normalized spacial score (nSPS) is 11.6. The first-order chi connectivity index (χ1) is 24.8. The molecule has 10 rings (SSSR count). The summed E-state index contributed by atoms with van der Waals surface area (Å²) in [5, 5.41) is 4.49. The number of fused-ring (bicyclic) bond motifs is 7. The van der Waals surface area contributed by atoms with Crippen LogP contribution in [-0.2, 0) is 0 Å². The zero-order valence-corrected chi connectivity index (χ0v) is 26.9. The molecule has 7 aromatic carbocycles. The van der Waals surface area contributed by atoms with Crippen LogP contribution in [0.15, 0.2) is 174 Å². The van der Waals surface area contributed by atoms with Crippen LogP contribution in [0.5, 0.6) is 0 Å². The van der Waals surface area contributed by atoms with Crippen LogP contribution < -0.4 is 0 Å². The van der Waals surface area contributed by atoms with Crippen LogP contribution in [0, 0.1) is 0 Å². The molecule has 0 unspecified atom stereocenters. The van der Waals surface area contributed by atoms with E-state index in [9.17, 15) is 0 Å². The van der Waals surface area contributed by atoms with Crippen molar-refractivity contribution in [1.82, 2.24) is 19.5 Å². The van der Waals surface area contributed by atoms with Gasteiger partial charge in [-0.3, -0.25) is 0 Å². The highest BCUT2D eigenvalue weighted by Crippen LogP contribution is 2.43. The fraction of sp³-hybridized carbons (Fsp3) is 0. The van der Waals surface area contributed by atoms with Crippen molar-refractivity contribution in [2.45, 2.75) is 0 Å². The van der Waals surface area contributed by atoms with E-state index in [0.29, 0.717) is 17.5 Å². The number of nitrogens with zero attached hydrogens (tertiary/aromatic N) is 4. The first-order valence-corrected chi connectivity index (χ1v) is 16.7. The largest absolute Gasteiger partial charge is 0.455 e. The summed E-state index contributed by atoms with van der Waals surface area (Å²) in [6.45, 7) is 0. The van der Waals surface area contributed by atoms with E-state index in [0.717, 1.165) is 71.9 Å². The Morgan fingerprint density at radius 1 is 0.360 bits per heavy atom. The van der Waals surface area contributed by atoms with E-state index in [1.54, 1.807) is 0 Å². The van der Waals surface area contributed by atoms with Crippen molar-refractivity contribution in [3.8, 4) is 51.0 Å². The van der Waals surface area contributed by atoms with Gasteiger partial charge in [0.05, 0.1) is 16.4 Å². The van der Waals surface area contributed by atoms with Crippen molar-refractivity contribution >= 4 is 43.7 Å². The first kappa shape index (κ1) is 28.2. The number of hydrogen-bond donors (Lipinski definition) is 0. The molecule has 0 aliphatic heterocycles. The SMILES string of the molecule is c1ccc(-c2nc(-c3ccccc3)nc(-c3ccc(-c4cccc5c4oc4c5ccc5c4c4ccccc4n5-c4ccccc4)cc3)n2)cc1. The summed E-state index contributed by atoms with van der Waals surface area (Å²) in [4.78, 5) is 14.7. The number of rotatable bonds is 5. The van der Waals surface area contributed by atoms with Gasteiger partial charge in [-0.25, -0.2) is 15.0 Å². The van der Waals surface area contributed by atoms with Gasteiger partial charge in [-0.1, -0.05) is 140 Å². The van der Waals surface area contributed by atoms with Gasteiger partial charge in [0.15, 0.2) is 17.5 Å². The Kier molecular flexibility index (Phi) is 6.42. The second-order valence-corrected chi connectivity index (χ2v) is 12.4. The Balaban J connectivity index is 1.11. The molecule has 10 aromatic rings. The van der Waals surface area contributed by atoms with E-state index in [4.69, 9.17) is 19.4 Å². The number of aromatic nitrogens is 4. The minimum atomic E-state index is 0.628. The summed E-state index contributed by atoms with van der Waals surface area (Å²) in [6.07, 6.45) is 0. The molecule has 0 aliphatic carbocycles. The molecule has 234 valence electrons. The Bertz CT molecular complexity index is 2780. The van der Waals surface area contributed by atoms with Crippen molar-refractivity contribution in [1.29, 1.82) is 0 Å². The molecule has 0 fully saturated rings. The van der Waals surface area contributed by atoms with E-state index in [1.165, 1.54) is 5.39 Å². The van der Waals surface area contributed by atoms with E-state index in [1.807, 2.05) is 60.7 Å². The Hall–Kier alpha value is -6.85. The Morgan fingerprint density at radius 2 is 0.880 bits per heavy atom. The van der Waals surface area contributed by atoms with E-state index < -0.39 is 0 Å². The second-order valence-electron chi connectivity index (χ2n) is 12.4. The maximum Gasteiger partial charge on any atom is 0.164 e. The number of hydrogen-bond acceptors (Lipinski definition) is 4. The Labute approximate surface area is 287 Å². The predicted octanol–water partition coefficient (Wildman–Crippen LogP) is 11.5. The maximum absolute atomic E-state index is 6.91. The van der Waals surface area contributed by atoms with Crippen molar-refractivity contribution < 1.29 is 4.42 Å². The fourth-order valence-corrected chi connectivity index (χ4v) is 7.13. The van der Waals surface area contributed by atoms with Gasteiger partial charge in [0, 0.05) is 44.1 Å². The third-order valence-electron chi connectivity index (χ3n) is 9.47. The summed E-state index contributed by atoms with van der Waals surface area (Å²) < 4.78 is 9.23. The summed E-state index contributed by atoms with van der Waals surface area (Å²) in [5.74, 6) is 1.92. The average molecular weight is 641 g/mol. The van der Waals surface area contributed by atoms with Gasteiger partial charge in [0.2, 0.25) is 0 Å². The topological polar surface area (TPSA) is 56.7 Å². The molecular formula is C45H28N4O. The van der Waals surface area contributed by atoms with Crippen LogP contribution in [0.25, 0.3) is 94.7 Å². The van der Waals surface area contributed by atoms with Crippen LogP contribution >= 0.6 is 0 Å².